The van der Waals surface area contributed by atoms with Crippen LogP contribution in [0.4, 0.5) is 0 Å². The fourth-order valence-corrected chi connectivity index (χ4v) is 3.75. The van der Waals surface area contributed by atoms with Gasteiger partial charge in [-0.3, -0.25) is 4.99 Å². The summed E-state index contributed by atoms with van der Waals surface area (Å²) < 4.78 is 26.9. The average Bonchev–Trinajstić information content (AvgIpc) is 2.50. The Labute approximate surface area is 169 Å². The van der Waals surface area contributed by atoms with E-state index in [4.69, 9.17) is 0 Å². The summed E-state index contributed by atoms with van der Waals surface area (Å²) in [7, 11) is -1.62. The van der Waals surface area contributed by atoms with Crippen molar-refractivity contribution in [2.45, 2.75) is 52.0 Å². The van der Waals surface area contributed by atoms with Crippen LogP contribution < -0.4 is 15.4 Å². The minimum absolute atomic E-state index is 0. The first-order valence-electron chi connectivity index (χ1n) is 8.39. The highest BCUT2D eigenvalue weighted by molar-refractivity contribution is 14.0. The monoisotopic (exact) mass is 482 g/mol. The van der Waals surface area contributed by atoms with Gasteiger partial charge in [-0.1, -0.05) is 37.6 Å². The molecule has 144 valence electrons. The number of nitrogens with one attached hydrogen (secondary N) is 3. The standard InChI is InChI=1S/C17H30N4O2S.HI/c1-5-6-11-19-17(18-4)20-12-15-9-7-8-10-16(15)13-24(22,23)21-14(2)3;/h7-10,14,21H,5-6,11-13H2,1-4H3,(H2,18,19,20);1H. The molecule has 0 unspecified atom stereocenters. The molecule has 1 aromatic rings. The highest BCUT2D eigenvalue weighted by Crippen LogP contribution is 2.12. The first kappa shape index (κ1) is 24.1. The Balaban J connectivity index is 0.00000576. The second-order valence-corrected chi connectivity index (χ2v) is 7.76. The normalized spacial score (nSPS) is 12.0. The predicted octanol–water partition coefficient (Wildman–Crippen LogP) is 2.60. The van der Waals surface area contributed by atoms with E-state index >= 15 is 0 Å². The Hall–Kier alpha value is -0.870. The maximum Gasteiger partial charge on any atom is 0.216 e. The van der Waals surface area contributed by atoms with Gasteiger partial charge in [0.2, 0.25) is 10.0 Å². The number of sulfonamides is 1. The molecule has 0 atom stereocenters. The number of benzene rings is 1. The van der Waals surface area contributed by atoms with Crippen LogP contribution >= 0.6 is 24.0 Å². The molecule has 0 amide bonds. The van der Waals surface area contributed by atoms with Crippen molar-refractivity contribution in [1.82, 2.24) is 15.4 Å². The van der Waals surface area contributed by atoms with Crippen LogP contribution in [0.25, 0.3) is 0 Å². The number of aliphatic imine (C=N–C) groups is 1. The Bertz CT molecular complexity index is 633. The molecule has 6 nitrogen and oxygen atoms in total. The molecule has 0 aromatic heterocycles. The summed E-state index contributed by atoms with van der Waals surface area (Å²) in [6.45, 7) is 7.16. The molecule has 1 rings (SSSR count). The number of halogens is 1. The number of unbranched alkanes of at least 4 members (excludes halogenated alkanes) is 1. The lowest BCUT2D eigenvalue weighted by Crippen LogP contribution is -2.37. The van der Waals surface area contributed by atoms with Gasteiger partial charge in [0.25, 0.3) is 0 Å². The van der Waals surface area contributed by atoms with E-state index in [1.807, 2.05) is 38.1 Å². The molecule has 0 bridgehead atoms. The molecular formula is C17H31IN4O2S. The molecule has 0 aliphatic rings. The molecule has 0 aliphatic heterocycles. The zero-order valence-electron chi connectivity index (χ0n) is 15.5. The maximum absolute atomic E-state index is 12.2. The van der Waals surface area contributed by atoms with Gasteiger partial charge in [0, 0.05) is 26.2 Å². The van der Waals surface area contributed by atoms with Crippen molar-refractivity contribution in [2.75, 3.05) is 13.6 Å². The molecule has 1 aromatic carbocycles. The van der Waals surface area contributed by atoms with E-state index < -0.39 is 10.0 Å². The van der Waals surface area contributed by atoms with Gasteiger partial charge in [0.1, 0.15) is 0 Å². The third-order valence-corrected chi connectivity index (χ3v) is 4.89. The predicted molar refractivity (Wildman–Crippen MR) is 116 cm³/mol. The van der Waals surface area contributed by atoms with Crippen molar-refractivity contribution >= 4 is 40.0 Å². The second-order valence-electron chi connectivity index (χ2n) is 6.01. The largest absolute Gasteiger partial charge is 0.356 e. The zero-order chi connectivity index (χ0) is 18.0. The van der Waals surface area contributed by atoms with Crippen LogP contribution in [0.2, 0.25) is 0 Å². The van der Waals surface area contributed by atoms with Crippen LogP contribution in [0.15, 0.2) is 29.3 Å². The lowest BCUT2D eigenvalue weighted by Gasteiger charge is -2.15. The third-order valence-electron chi connectivity index (χ3n) is 3.37. The topological polar surface area (TPSA) is 82.6 Å². The number of rotatable bonds is 9. The summed E-state index contributed by atoms with van der Waals surface area (Å²) in [6, 6.07) is 7.45. The van der Waals surface area contributed by atoms with Gasteiger partial charge < -0.3 is 10.6 Å². The number of guanidine groups is 1. The Morgan fingerprint density at radius 1 is 1.16 bits per heavy atom. The average molecular weight is 482 g/mol. The van der Waals surface area contributed by atoms with Gasteiger partial charge in [0.15, 0.2) is 5.96 Å². The summed E-state index contributed by atoms with van der Waals surface area (Å²) in [6.07, 6.45) is 2.20. The van der Waals surface area contributed by atoms with Gasteiger partial charge in [-0.05, 0) is 31.4 Å². The van der Waals surface area contributed by atoms with Crippen LogP contribution in [-0.2, 0) is 22.3 Å². The van der Waals surface area contributed by atoms with Crippen LogP contribution in [0.1, 0.15) is 44.7 Å². The Kier molecular flexibility index (Phi) is 12.0. The van der Waals surface area contributed by atoms with Crippen LogP contribution in [-0.4, -0.2) is 34.0 Å². The van der Waals surface area contributed by atoms with E-state index in [-0.39, 0.29) is 35.8 Å². The van der Waals surface area contributed by atoms with Crippen LogP contribution in [0.5, 0.6) is 0 Å². The molecule has 3 N–H and O–H groups in total. The minimum Gasteiger partial charge on any atom is -0.356 e. The lowest BCUT2D eigenvalue weighted by atomic mass is 10.1. The minimum atomic E-state index is -3.34. The first-order valence-corrected chi connectivity index (χ1v) is 10.0. The van der Waals surface area contributed by atoms with Crippen LogP contribution in [0, 0.1) is 0 Å². The van der Waals surface area contributed by atoms with Gasteiger partial charge >= 0.3 is 0 Å². The lowest BCUT2D eigenvalue weighted by molar-refractivity contribution is 0.568. The number of hydrogen-bond donors (Lipinski definition) is 3. The number of hydrogen-bond acceptors (Lipinski definition) is 3. The fourth-order valence-electron chi connectivity index (χ4n) is 2.26. The van der Waals surface area contributed by atoms with Crippen molar-refractivity contribution in [3.05, 3.63) is 35.4 Å². The molecule has 25 heavy (non-hydrogen) atoms. The summed E-state index contributed by atoms with van der Waals surface area (Å²) in [5, 5.41) is 6.48. The Morgan fingerprint density at radius 2 is 1.80 bits per heavy atom. The maximum atomic E-state index is 12.2. The Morgan fingerprint density at radius 3 is 2.36 bits per heavy atom. The molecule has 0 radical (unpaired) electrons. The van der Waals surface area contributed by atoms with Gasteiger partial charge in [-0.25, -0.2) is 13.1 Å². The SMILES string of the molecule is CCCCNC(=NC)NCc1ccccc1CS(=O)(=O)NC(C)C.I. The van der Waals surface area contributed by atoms with E-state index in [1.54, 1.807) is 7.05 Å². The van der Waals surface area contributed by atoms with Crippen LogP contribution in [0.3, 0.4) is 0 Å². The van der Waals surface area contributed by atoms with Gasteiger partial charge in [-0.2, -0.15) is 0 Å². The fraction of sp³-hybridized carbons (Fsp3) is 0.588. The second kappa shape index (κ2) is 12.5. The van der Waals surface area contributed by atoms with E-state index in [2.05, 4.69) is 27.3 Å². The van der Waals surface area contributed by atoms with E-state index in [9.17, 15) is 8.42 Å². The molecule has 0 saturated carbocycles. The molecule has 0 spiro atoms. The molecule has 8 heteroatoms. The third kappa shape index (κ3) is 10.0. The van der Waals surface area contributed by atoms with E-state index in [0.717, 1.165) is 36.5 Å². The van der Waals surface area contributed by atoms with E-state index in [0.29, 0.717) is 6.54 Å². The molecule has 0 saturated heterocycles. The molecule has 0 aliphatic carbocycles. The highest BCUT2D eigenvalue weighted by atomic mass is 127. The molecule has 0 heterocycles. The smallest absolute Gasteiger partial charge is 0.216 e. The molecule has 0 fully saturated rings. The summed E-state index contributed by atoms with van der Waals surface area (Å²) in [4.78, 5) is 4.18. The van der Waals surface area contributed by atoms with Crippen molar-refractivity contribution in [3.63, 3.8) is 0 Å². The molecular weight excluding hydrogens is 451 g/mol. The van der Waals surface area contributed by atoms with Crippen molar-refractivity contribution in [1.29, 1.82) is 0 Å². The summed E-state index contributed by atoms with van der Waals surface area (Å²) in [5.74, 6) is 0.701. The summed E-state index contributed by atoms with van der Waals surface area (Å²) >= 11 is 0. The van der Waals surface area contributed by atoms with Gasteiger partial charge in [-0.15, -0.1) is 24.0 Å². The highest BCUT2D eigenvalue weighted by Gasteiger charge is 2.15. The first-order chi connectivity index (χ1) is 11.4. The number of nitrogens with zero attached hydrogens (tertiary/aromatic N) is 1. The quantitative estimate of drug-likeness (QED) is 0.219. The van der Waals surface area contributed by atoms with E-state index in [1.165, 1.54) is 0 Å². The van der Waals surface area contributed by atoms with Crippen molar-refractivity contribution in [3.8, 4) is 0 Å². The van der Waals surface area contributed by atoms with Crippen molar-refractivity contribution < 1.29 is 8.42 Å². The summed E-state index contributed by atoms with van der Waals surface area (Å²) in [5.41, 5.74) is 1.74. The zero-order valence-corrected chi connectivity index (χ0v) is 18.6. The van der Waals surface area contributed by atoms with Gasteiger partial charge in [0.05, 0.1) is 5.75 Å². The van der Waals surface area contributed by atoms with Crippen molar-refractivity contribution in [2.24, 2.45) is 4.99 Å².